The third-order valence-electron chi connectivity index (χ3n) is 4.04. The van der Waals surface area contributed by atoms with Crippen LogP contribution < -0.4 is 5.73 Å². The van der Waals surface area contributed by atoms with Crippen molar-refractivity contribution in [3.8, 4) is 0 Å². The summed E-state index contributed by atoms with van der Waals surface area (Å²) in [4.78, 5) is 0. The van der Waals surface area contributed by atoms with Gasteiger partial charge in [-0.15, -0.1) is 0 Å². The molecule has 1 aromatic carbocycles. The Labute approximate surface area is 118 Å². The Morgan fingerprint density at radius 1 is 1.00 bits per heavy atom. The van der Waals surface area contributed by atoms with E-state index in [2.05, 4.69) is 0 Å². The third kappa shape index (κ3) is 3.51. The lowest BCUT2D eigenvalue weighted by Gasteiger charge is -2.39. The molecule has 118 valence electrons. The van der Waals surface area contributed by atoms with Gasteiger partial charge in [0.2, 0.25) is 0 Å². The maximum Gasteiger partial charge on any atom is 0.416 e. The van der Waals surface area contributed by atoms with Crippen LogP contribution in [0.15, 0.2) is 24.3 Å². The summed E-state index contributed by atoms with van der Waals surface area (Å²) in [6, 6.07) is 4.09. The molecule has 1 aromatic rings. The van der Waals surface area contributed by atoms with Gasteiger partial charge in [-0.25, -0.2) is 0 Å². The zero-order valence-electron chi connectivity index (χ0n) is 11.1. The maximum atomic E-state index is 12.8. The Hall–Kier alpha value is -1.24. The van der Waals surface area contributed by atoms with Gasteiger partial charge in [-0.3, -0.25) is 0 Å². The van der Waals surface area contributed by atoms with Crippen LogP contribution in [0.5, 0.6) is 0 Å². The molecule has 0 saturated heterocycles. The molecule has 0 amide bonds. The SMILES string of the molecule is NC1(c2ccc(C(F)(F)F)cc2)CCCC(C(F)(F)F)C1. The highest BCUT2D eigenvalue weighted by Crippen LogP contribution is 2.45. The van der Waals surface area contributed by atoms with E-state index < -0.39 is 29.4 Å². The van der Waals surface area contributed by atoms with Gasteiger partial charge in [-0.05, 0) is 37.0 Å². The number of benzene rings is 1. The molecule has 0 aliphatic heterocycles. The number of hydrogen-bond donors (Lipinski definition) is 1. The molecule has 0 radical (unpaired) electrons. The van der Waals surface area contributed by atoms with E-state index in [0.29, 0.717) is 18.4 Å². The molecule has 1 nitrogen and oxygen atoms in total. The lowest BCUT2D eigenvalue weighted by atomic mass is 9.72. The second kappa shape index (κ2) is 5.19. The molecule has 0 spiro atoms. The first kappa shape index (κ1) is 16.1. The molecule has 1 fully saturated rings. The molecule has 1 aliphatic carbocycles. The minimum atomic E-state index is -4.47. The summed E-state index contributed by atoms with van der Waals surface area (Å²) in [5.74, 6) is -1.50. The first-order valence-electron chi connectivity index (χ1n) is 6.56. The topological polar surface area (TPSA) is 26.0 Å². The van der Waals surface area contributed by atoms with E-state index in [1.165, 1.54) is 12.1 Å². The molecule has 2 N–H and O–H groups in total. The van der Waals surface area contributed by atoms with Gasteiger partial charge in [-0.2, -0.15) is 26.3 Å². The number of rotatable bonds is 1. The zero-order chi connectivity index (χ0) is 15.9. The van der Waals surface area contributed by atoms with Gasteiger partial charge < -0.3 is 5.73 Å². The number of halogens is 6. The first-order valence-corrected chi connectivity index (χ1v) is 6.56. The molecule has 0 aromatic heterocycles. The van der Waals surface area contributed by atoms with Crippen molar-refractivity contribution in [2.24, 2.45) is 11.7 Å². The van der Waals surface area contributed by atoms with Crippen molar-refractivity contribution in [2.45, 2.75) is 43.6 Å². The lowest BCUT2D eigenvalue weighted by Crippen LogP contribution is -2.44. The molecule has 21 heavy (non-hydrogen) atoms. The molecule has 0 heterocycles. The summed E-state index contributed by atoms with van der Waals surface area (Å²) in [5.41, 5.74) is 4.31. The van der Waals surface area contributed by atoms with Gasteiger partial charge in [-0.1, -0.05) is 18.6 Å². The largest absolute Gasteiger partial charge is 0.416 e. The second-order valence-corrected chi connectivity index (χ2v) is 5.57. The molecule has 2 atom stereocenters. The molecule has 1 aliphatic rings. The van der Waals surface area contributed by atoms with Crippen LogP contribution in [0.2, 0.25) is 0 Å². The fourth-order valence-corrected chi connectivity index (χ4v) is 2.84. The monoisotopic (exact) mass is 311 g/mol. The van der Waals surface area contributed by atoms with Crippen LogP contribution in [-0.4, -0.2) is 6.18 Å². The summed E-state index contributed by atoms with van der Waals surface area (Å²) in [5, 5.41) is 0. The summed E-state index contributed by atoms with van der Waals surface area (Å²) < 4.78 is 75.9. The van der Waals surface area contributed by atoms with Crippen LogP contribution in [0.4, 0.5) is 26.3 Å². The van der Waals surface area contributed by atoms with E-state index in [4.69, 9.17) is 5.73 Å². The fraction of sp³-hybridized carbons (Fsp3) is 0.571. The average molecular weight is 311 g/mol. The molecule has 2 rings (SSSR count). The van der Waals surface area contributed by atoms with E-state index >= 15 is 0 Å². The van der Waals surface area contributed by atoms with Crippen LogP contribution in [0, 0.1) is 5.92 Å². The molecular formula is C14H15F6N. The van der Waals surface area contributed by atoms with Crippen molar-refractivity contribution >= 4 is 0 Å². The van der Waals surface area contributed by atoms with Gasteiger partial charge in [0.25, 0.3) is 0 Å². The van der Waals surface area contributed by atoms with E-state index in [-0.39, 0.29) is 12.8 Å². The van der Waals surface area contributed by atoms with Crippen LogP contribution in [-0.2, 0) is 11.7 Å². The minimum Gasteiger partial charge on any atom is -0.321 e. The van der Waals surface area contributed by atoms with Gasteiger partial charge in [0.1, 0.15) is 0 Å². The smallest absolute Gasteiger partial charge is 0.321 e. The maximum absolute atomic E-state index is 12.8. The number of nitrogens with two attached hydrogens (primary N) is 1. The molecule has 7 heteroatoms. The van der Waals surface area contributed by atoms with E-state index in [0.717, 1.165) is 12.1 Å². The summed E-state index contributed by atoms with van der Waals surface area (Å²) >= 11 is 0. The Kier molecular flexibility index (Phi) is 3.99. The Bertz CT molecular complexity index is 490. The van der Waals surface area contributed by atoms with Crippen LogP contribution in [0.3, 0.4) is 0 Å². The van der Waals surface area contributed by atoms with Crippen molar-refractivity contribution in [3.63, 3.8) is 0 Å². The normalized spacial score (nSPS) is 27.7. The Morgan fingerprint density at radius 2 is 1.57 bits per heavy atom. The second-order valence-electron chi connectivity index (χ2n) is 5.57. The lowest BCUT2D eigenvalue weighted by molar-refractivity contribution is -0.187. The van der Waals surface area contributed by atoms with Crippen molar-refractivity contribution in [3.05, 3.63) is 35.4 Å². The molecule has 0 bridgehead atoms. The number of hydrogen-bond acceptors (Lipinski definition) is 1. The predicted molar refractivity (Wildman–Crippen MR) is 65.3 cm³/mol. The van der Waals surface area contributed by atoms with Gasteiger partial charge in [0, 0.05) is 5.54 Å². The van der Waals surface area contributed by atoms with Gasteiger partial charge in [0.15, 0.2) is 0 Å². The standard InChI is InChI=1S/C14H15F6N/c15-13(16,17)10-5-3-9(4-6-10)12(21)7-1-2-11(8-12)14(18,19)20/h3-6,11H,1-2,7-8,21H2. The highest BCUT2D eigenvalue weighted by molar-refractivity contribution is 5.30. The average Bonchev–Trinajstić information content (AvgIpc) is 2.37. The van der Waals surface area contributed by atoms with Crippen molar-refractivity contribution in [2.75, 3.05) is 0 Å². The summed E-state index contributed by atoms with van der Waals surface area (Å²) in [6.07, 6.45) is -8.42. The molecular weight excluding hydrogens is 296 g/mol. The van der Waals surface area contributed by atoms with E-state index in [1.54, 1.807) is 0 Å². The van der Waals surface area contributed by atoms with Gasteiger partial charge >= 0.3 is 12.4 Å². The Morgan fingerprint density at radius 3 is 2.05 bits per heavy atom. The quantitative estimate of drug-likeness (QED) is 0.753. The van der Waals surface area contributed by atoms with Crippen LogP contribution >= 0.6 is 0 Å². The van der Waals surface area contributed by atoms with Crippen molar-refractivity contribution in [1.82, 2.24) is 0 Å². The molecule has 1 saturated carbocycles. The van der Waals surface area contributed by atoms with Crippen molar-refractivity contribution in [1.29, 1.82) is 0 Å². The van der Waals surface area contributed by atoms with Crippen molar-refractivity contribution < 1.29 is 26.3 Å². The minimum absolute atomic E-state index is 0.0169. The highest BCUT2D eigenvalue weighted by Gasteiger charge is 2.46. The first-order chi connectivity index (χ1) is 9.52. The third-order valence-corrected chi connectivity index (χ3v) is 4.04. The predicted octanol–water partition coefficient (Wildman–Crippen LogP) is 4.61. The highest BCUT2D eigenvalue weighted by atomic mass is 19.4. The Balaban J connectivity index is 2.23. The molecule has 2 unspecified atom stereocenters. The number of alkyl halides is 6. The van der Waals surface area contributed by atoms with Crippen LogP contribution in [0.25, 0.3) is 0 Å². The fourth-order valence-electron chi connectivity index (χ4n) is 2.84. The van der Waals surface area contributed by atoms with E-state index in [9.17, 15) is 26.3 Å². The van der Waals surface area contributed by atoms with E-state index in [1.807, 2.05) is 0 Å². The summed E-state index contributed by atoms with van der Waals surface area (Å²) in [7, 11) is 0. The summed E-state index contributed by atoms with van der Waals surface area (Å²) in [6.45, 7) is 0. The van der Waals surface area contributed by atoms with Crippen LogP contribution in [0.1, 0.15) is 36.8 Å². The van der Waals surface area contributed by atoms with Gasteiger partial charge in [0.05, 0.1) is 11.5 Å². The zero-order valence-corrected chi connectivity index (χ0v) is 11.1.